The minimum atomic E-state index is -0.257. The average Bonchev–Trinajstić information content (AvgIpc) is 2.94. The number of anilines is 2. The maximum absolute atomic E-state index is 12.3. The lowest BCUT2D eigenvalue weighted by Gasteiger charge is -2.08. The number of hydrogen-bond acceptors (Lipinski definition) is 4. The summed E-state index contributed by atoms with van der Waals surface area (Å²) in [5.74, 6) is 0.828. The first-order chi connectivity index (χ1) is 11.9. The highest BCUT2D eigenvalue weighted by Gasteiger charge is 2.15. The van der Waals surface area contributed by atoms with Crippen LogP contribution in [0.3, 0.4) is 0 Å². The molecule has 1 aromatic heterocycles. The lowest BCUT2D eigenvalue weighted by Crippen LogP contribution is -2.15. The van der Waals surface area contributed by atoms with Crippen LogP contribution < -0.4 is 11.1 Å². The van der Waals surface area contributed by atoms with Crippen LogP contribution in [0.4, 0.5) is 11.4 Å². The molecule has 0 saturated heterocycles. The van der Waals surface area contributed by atoms with Crippen molar-refractivity contribution in [2.45, 2.75) is 13.3 Å². The highest BCUT2D eigenvalue weighted by molar-refractivity contribution is 6.39. The number of benzene rings is 2. The van der Waals surface area contributed by atoms with Gasteiger partial charge in [-0.05, 0) is 31.2 Å². The van der Waals surface area contributed by atoms with Crippen LogP contribution in [0.1, 0.15) is 11.5 Å². The van der Waals surface area contributed by atoms with E-state index in [1.54, 1.807) is 19.1 Å². The minimum absolute atomic E-state index is 0.0712. The molecule has 0 unspecified atom stereocenters. The van der Waals surface area contributed by atoms with Gasteiger partial charge in [0.15, 0.2) is 0 Å². The summed E-state index contributed by atoms with van der Waals surface area (Å²) < 4.78 is 5.66. The maximum Gasteiger partial charge on any atom is 0.230 e. The van der Waals surface area contributed by atoms with Crippen molar-refractivity contribution in [2.24, 2.45) is 0 Å². The van der Waals surface area contributed by atoms with Gasteiger partial charge in [-0.15, -0.1) is 0 Å². The molecule has 0 bridgehead atoms. The van der Waals surface area contributed by atoms with Crippen molar-refractivity contribution in [2.75, 3.05) is 11.1 Å². The molecule has 2 aromatic carbocycles. The number of carbonyl (C=O) groups excluding carboxylic acids is 1. The number of nitrogens with zero attached hydrogens (tertiary/aromatic N) is 1. The first-order valence-corrected chi connectivity index (χ1v) is 8.25. The number of aromatic nitrogens is 1. The van der Waals surface area contributed by atoms with Crippen molar-refractivity contribution in [3.63, 3.8) is 0 Å². The lowest BCUT2D eigenvalue weighted by molar-refractivity contribution is -0.115. The molecule has 0 atom stereocenters. The molecule has 3 rings (SSSR count). The molecule has 0 saturated carbocycles. The molecule has 7 heteroatoms. The van der Waals surface area contributed by atoms with Crippen molar-refractivity contribution >= 4 is 40.5 Å². The summed E-state index contributed by atoms with van der Waals surface area (Å²) in [5, 5.41) is 3.30. The smallest absolute Gasteiger partial charge is 0.230 e. The molecule has 128 valence electrons. The molecule has 0 radical (unpaired) electrons. The zero-order valence-electron chi connectivity index (χ0n) is 13.3. The third-order valence-electron chi connectivity index (χ3n) is 3.60. The zero-order valence-corrected chi connectivity index (χ0v) is 14.9. The van der Waals surface area contributed by atoms with Gasteiger partial charge in [0, 0.05) is 11.3 Å². The first kappa shape index (κ1) is 17.3. The summed E-state index contributed by atoms with van der Waals surface area (Å²) >= 11 is 11.9. The third-order valence-corrected chi connectivity index (χ3v) is 4.23. The molecule has 0 fully saturated rings. The van der Waals surface area contributed by atoms with E-state index in [0.717, 1.165) is 5.56 Å². The Morgan fingerprint density at radius 3 is 2.48 bits per heavy atom. The summed E-state index contributed by atoms with van der Waals surface area (Å²) in [5.41, 5.74) is 7.86. The predicted molar refractivity (Wildman–Crippen MR) is 99.9 cm³/mol. The molecule has 3 N–H and O–H groups in total. The number of halogens is 2. The maximum atomic E-state index is 12.3. The molecule has 1 amide bonds. The Labute approximate surface area is 154 Å². The van der Waals surface area contributed by atoms with E-state index in [0.29, 0.717) is 23.0 Å². The minimum Gasteiger partial charge on any atom is -0.441 e. The predicted octanol–water partition coefficient (Wildman–Crippen LogP) is 4.72. The molecular weight excluding hydrogens is 361 g/mol. The summed E-state index contributed by atoms with van der Waals surface area (Å²) in [7, 11) is 0. The van der Waals surface area contributed by atoms with Gasteiger partial charge in [0.2, 0.25) is 11.8 Å². The molecular formula is C18H15Cl2N3O2. The molecule has 0 aliphatic carbocycles. The van der Waals surface area contributed by atoms with E-state index in [9.17, 15) is 4.79 Å². The van der Waals surface area contributed by atoms with Gasteiger partial charge in [-0.2, -0.15) is 0 Å². The second kappa shape index (κ2) is 7.17. The van der Waals surface area contributed by atoms with Gasteiger partial charge in [-0.1, -0.05) is 41.4 Å². The second-order valence-corrected chi connectivity index (χ2v) is 6.28. The highest BCUT2D eigenvalue weighted by atomic mass is 35.5. The zero-order chi connectivity index (χ0) is 18.0. The highest BCUT2D eigenvalue weighted by Crippen LogP contribution is 2.31. The molecule has 0 aliphatic heterocycles. The summed E-state index contributed by atoms with van der Waals surface area (Å²) in [6, 6.07) is 12.6. The van der Waals surface area contributed by atoms with E-state index in [-0.39, 0.29) is 28.1 Å². The number of hydrogen-bond donors (Lipinski definition) is 2. The van der Waals surface area contributed by atoms with Crippen molar-refractivity contribution in [3.05, 3.63) is 64.0 Å². The van der Waals surface area contributed by atoms with Gasteiger partial charge in [0.25, 0.3) is 0 Å². The van der Waals surface area contributed by atoms with Crippen LogP contribution in [0, 0.1) is 6.92 Å². The summed E-state index contributed by atoms with van der Waals surface area (Å²) in [6.07, 6.45) is 0.0712. The summed E-state index contributed by atoms with van der Waals surface area (Å²) in [4.78, 5) is 16.7. The molecule has 0 aliphatic rings. The number of nitrogens with two attached hydrogens (primary N) is 1. The summed E-state index contributed by atoms with van der Waals surface area (Å²) in [6.45, 7) is 1.78. The quantitative estimate of drug-likeness (QED) is 0.646. The van der Waals surface area contributed by atoms with Crippen molar-refractivity contribution < 1.29 is 9.21 Å². The Bertz CT molecular complexity index is 900. The Balaban J connectivity index is 1.74. The monoisotopic (exact) mass is 375 g/mol. The molecule has 0 spiro atoms. The fraction of sp³-hybridized carbons (Fsp3) is 0.111. The van der Waals surface area contributed by atoms with Crippen LogP contribution in [0.15, 0.2) is 46.9 Å². The van der Waals surface area contributed by atoms with Gasteiger partial charge >= 0.3 is 0 Å². The SMILES string of the molecule is Cc1oc(-c2ccccc2)nc1CC(=O)Nc1cc(Cl)c(N)c(Cl)c1. The van der Waals surface area contributed by atoms with Gasteiger partial charge < -0.3 is 15.5 Å². The number of nitrogens with one attached hydrogen (secondary N) is 1. The van der Waals surface area contributed by atoms with E-state index in [1.807, 2.05) is 30.3 Å². The largest absolute Gasteiger partial charge is 0.441 e. The Morgan fingerprint density at radius 1 is 1.20 bits per heavy atom. The number of nitrogen functional groups attached to an aromatic ring is 1. The van der Waals surface area contributed by atoms with Gasteiger partial charge in [-0.3, -0.25) is 4.79 Å². The van der Waals surface area contributed by atoms with Crippen molar-refractivity contribution in [1.82, 2.24) is 4.98 Å². The van der Waals surface area contributed by atoms with Crippen molar-refractivity contribution in [1.29, 1.82) is 0 Å². The molecule has 25 heavy (non-hydrogen) atoms. The Hall–Kier alpha value is -2.50. The Morgan fingerprint density at radius 2 is 1.84 bits per heavy atom. The van der Waals surface area contributed by atoms with Crippen LogP contribution in [-0.4, -0.2) is 10.9 Å². The van der Waals surface area contributed by atoms with Gasteiger partial charge in [0.1, 0.15) is 5.76 Å². The first-order valence-electron chi connectivity index (χ1n) is 7.50. The van der Waals surface area contributed by atoms with Gasteiger partial charge in [-0.25, -0.2) is 4.98 Å². The van der Waals surface area contributed by atoms with Crippen LogP contribution in [0.5, 0.6) is 0 Å². The molecule has 3 aromatic rings. The fourth-order valence-corrected chi connectivity index (χ4v) is 2.80. The van der Waals surface area contributed by atoms with Crippen LogP contribution in [-0.2, 0) is 11.2 Å². The normalized spacial score (nSPS) is 10.7. The number of aryl methyl sites for hydroxylation is 1. The average molecular weight is 376 g/mol. The van der Waals surface area contributed by atoms with Gasteiger partial charge in [0.05, 0.1) is 27.8 Å². The van der Waals surface area contributed by atoms with E-state index in [2.05, 4.69) is 10.3 Å². The van der Waals surface area contributed by atoms with E-state index < -0.39 is 0 Å². The molecule has 1 heterocycles. The number of rotatable bonds is 4. The van der Waals surface area contributed by atoms with Crippen LogP contribution >= 0.6 is 23.2 Å². The van der Waals surface area contributed by atoms with Crippen molar-refractivity contribution in [3.8, 4) is 11.5 Å². The lowest BCUT2D eigenvalue weighted by atomic mass is 10.2. The van der Waals surface area contributed by atoms with E-state index in [4.69, 9.17) is 33.4 Å². The van der Waals surface area contributed by atoms with Crippen LogP contribution in [0.2, 0.25) is 10.0 Å². The van der Waals surface area contributed by atoms with E-state index in [1.165, 1.54) is 0 Å². The second-order valence-electron chi connectivity index (χ2n) is 5.47. The third kappa shape index (κ3) is 3.95. The standard InChI is InChI=1S/C18H15Cl2N3O2/c1-10-15(23-18(25-10)11-5-3-2-4-6-11)9-16(24)22-12-7-13(19)17(21)14(20)8-12/h2-8H,9,21H2,1H3,(H,22,24). The number of oxazole rings is 1. The topological polar surface area (TPSA) is 81.2 Å². The van der Waals surface area contributed by atoms with E-state index >= 15 is 0 Å². The number of carbonyl (C=O) groups is 1. The fourth-order valence-electron chi connectivity index (χ4n) is 2.31. The number of amides is 1. The van der Waals surface area contributed by atoms with Crippen LogP contribution in [0.25, 0.3) is 11.5 Å². The molecule has 5 nitrogen and oxygen atoms in total. The Kier molecular flexibility index (Phi) is 4.97.